The van der Waals surface area contributed by atoms with Crippen LogP contribution in [-0.2, 0) is 11.3 Å². The van der Waals surface area contributed by atoms with Crippen LogP contribution in [0.5, 0.6) is 0 Å². The van der Waals surface area contributed by atoms with Crippen LogP contribution in [0.4, 0.5) is 0 Å². The average Bonchev–Trinajstić information content (AvgIpc) is 3.00. The number of furan rings is 1. The molecule has 0 aliphatic carbocycles. The molecule has 0 saturated carbocycles. The quantitative estimate of drug-likeness (QED) is 0.696. The third kappa shape index (κ3) is 4.98. The van der Waals surface area contributed by atoms with Crippen LogP contribution in [0.15, 0.2) is 40.8 Å². The topological polar surface area (TPSA) is 54.6 Å². The van der Waals surface area contributed by atoms with E-state index in [-0.39, 0.29) is 0 Å². The molecule has 0 amide bonds. The summed E-state index contributed by atoms with van der Waals surface area (Å²) >= 11 is 0. The molecule has 0 bridgehead atoms. The molecule has 1 heterocycles. The maximum Gasteiger partial charge on any atom is 0.134 e. The number of rotatable bonds is 9. The Balaban J connectivity index is 1.83. The van der Waals surface area contributed by atoms with Crippen LogP contribution in [-0.4, -0.2) is 24.9 Å². The second-order valence-electron chi connectivity index (χ2n) is 5.29. The van der Waals surface area contributed by atoms with Gasteiger partial charge < -0.3 is 19.6 Å². The molecule has 0 spiro atoms. The molecule has 0 aliphatic rings. The maximum absolute atomic E-state index is 9.52. The Labute approximate surface area is 132 Å². The van der Waals surface area contributed by atoms with Crippen LogP contribution in [0.2, 0.25) is 0 Å². The molecule has 0 radical (unpaired) electrons. The Morgan fingerprint density at radius 3 is 2.64 bits per heavy atom. The van der Waals surface area contributed by atoms with E-state index in [9.17, 15) is 5.11 Å². The number of ether oxygens (including phenoxy) is 1. The van der Waals surface area contributed by atoms with Crippen LogP contribution in [0.1, 0.15) is 37.7 Å². The van der Waals surface area contributed by atoms with Gasteiger partial charge in [0.05, 0.1) is 12.6 Å². The minimum absolute atomic E-state index is 0.443. The van der Waals surface area contributed by atoms with E-state index in [2.05, 4.69) is 5.32 Å². The van der Waals surface area contributed by atoms with Gasteiger partial charge in [-0.25, -0.2) is 0 Å². The number of hydrogen-bond donors (Lipinski definition) is 2. The summed E-state index contributed by atoms with van der Waals surface area (Å²) in [5.74, 6) is 1.77. The molecule has 4 heteroatoms. The largest absolute Gasteiger partial charge is 0.460 e. The summed E-state index contributed by atoms with van der Waals surface area (Å²) in [4.78, 5) is 0. The van der Waals surface area contributed by atoms with Gasteiger partial charge in [-0.1, -0.05) is 24.3 Å². The second-order valence-corrected chi connectivity index (χ2v) is 5.29. The van der Waals surface area contributed by atoms with E-state index >= 15 is 0 Å². The molecule has 2 aromatic rings. The monoisotopic (exact) mass is 303 g/mol. The third-order valence-electron chi connectivity index (χ3n) is 3.48. The smallest absolute Gasteiger partial charge is 0.134 e. The molecule has 22 heavy (non-hydrogen) atoms. The van der Waals surface area contributed by atoms with Crippen molar-refractivity contribution in [2.24, 2.45) is 0 Å². The minimum atomic E-state index is -0.443. The summed E-state index contributed by atoms with van der Waals surface area (Å²) in [6.07, 6.45) is 0.560. The first kappa shape index (κ1) is 16.7. The molecule has 2 N–H and O–H groups in total. The van der Waals surface area contributed by atoms with Gasteiger partial charge in [-0.15, -0.1) is 0 Å². The van der Waals surface area contributed by atoms with Gasteiger partial charge in [0.25, 0.3) is 0 Å². The van der Waals surface area contributed by atoms with Gasteiger partial charge in [0, 0.05) is 18.8 Å². The van der Waals surface area contributed by atoms with Gasteiger partial charge >= 0.3 is 0 Å². The van der Waals surface area contributed by atoms with Crippen LogP contribution in [0.3, 0.4) is 0 Å². The number of aliphatic hydroxyl groups is 1. The Morgan fingerprint density at radius 1 is 1.18 bits per heavy atom. The Hall–Kier alpha value is -1.62. The van der Waals surface area contributed by atoms with Gasteiger partial charge in [-0.05, 0) is 44.5 Å². The number of hydrogen-bond acceptors (Lipinski definition) is 4. The van der Waals surface area contributed by atoms with Crippen molar-refractivity contribution in [1.82, 2.24) is 5.32 Å². The summed E-state index contributed by atoms with van der Waals surface area (Å²) in [5, 5.41) is 12.9. The number of nitrogens with one attached hydrogen (secondary N) is 1. The lowest BCUT2D eigenvalue weighted by Crippen LogP contribution is -2.15. The van der Waals surface area contributed by atoms with Crippen molar-refractivity contribution in [2.75, 3.05) is 19.8 Å². The lowest BCUT2D eigenvalue weighted by Gasteiger charge is -2.05. The molecule has 1 aromatic heterocycles. The van der Waals surface area contributed by atoms with E-state index in [1.165, 1.54) is 0 Å². The van der Waals surface area contributed by atoms with Gasteiger partial charge in [-0.2, -0.15) is 0 Å². The van der Waals surface area contributed by atoms with Crippen molar-refractivity contribution in [3.05, 3.63) is 47.7 Å². The Morgan fingerprint density at radius 2 is 1.95 bits per heavy atom. The molecule has 2 rings (SSSR count). The number of benzene rings is 1. The molecule has 0 saturated heterocycles. The van der Waals surface area contributed by atoms with Crippen molar-refractivity contribution in [3.8, 4) is 11.3 Å². The number of aliphatic hydroxyl groups excluding tert-OH is 1. The summed E-state index contributed by atoms with van der Waals surface area (Å²) in [5.41, 5.74) is 1.93. The van der Waals surface area contributed by atoms with Gasteiger partial charge in [0.2, 0.25) is 0 Å². The maximum atomic E-state index is 9.52. The minimum Gasteiger partial charge on any atom is -0.460 e. The highest BCUT2D eigenvalue weighted by Crippen LogP contribution is 2.24. The van der Waals surface area contributed by atoms with Crippen LogP contribution in [0.25, 0.3) is 11.3 Å². The lowest BCUT2D eigenvalue weighted by molar-refractivity contribution is 0.144. The van der Waals surface area contributed by atoms with Crippen molar-refractivity contribution in [2.45, 2.75) is 32.9 Å². The molecule has 1 aromatic carbocycles. The van der Waals surface area contributed by atoms with Crippen molar-refractivity contribution in [1.29, 1.82) is 0 Å². The average molecular weight is 303 g/mol. The summed E-state index contributed by atoms with van der Waals surface area (Å²) < 4.78 is 11.1. The molecular weight excluding hydrogens is 278 g/mol. The second kappa shape index (κ2) is 8.73. The third-order valence-corrected chi connectivity index (χ3v) is 3.48. The fraction of sp³-hybridized carbons (Fsp3) is 0.444. The van der Waals surface area contributed by atoms with Crippen molar-refractivity contribution >= 4 is 0 Å². The molecule has 120 valence electrons. The molecule has 4 nitrogen and oxygen atoms in total. The van der Waals surface area contributed by atoms with Gasteiger partial charge in [0.1, 0.15) is 11.5 Å². The van der Waals surface area contributed by atoms with E-state index in [0.29, 0.717) is 0 Å². The Bertz CT molecular complexity index is 546. The fourth-order valence-electron chi connectivity index (χ4n) is 2.21. The summed E-state index contributed by atoms with van der Waals surface area (Å²) in [6.45, 7) is 6.97. The zero-order valence-corrected chi connectivity index (χ0v) is 13.3. The zero-order chi connectivity index (χ0) is 15.8. The molecule has 0 unspecified atom stereocenters. The van der Waals surface area contributed by atoms with E-state index < -0.39 is 6.10 Å². The molecule has 0 aliphatic heterocycles. The standard InChI is InChI=1S/C18H25NO3/c1-3-21-12-4-11-19-13-17-9-10-18(22-17)16-7-5-15(6-8-16)14(2)20/h5-10,14,19-20H,3-4,11-13H2,1-2H3/t14-/m1/s1. The molecule has 1 atom stereocenters. The van der Waals surface area contributed by atoms with E-state index in [1.54, 1.807) is 6.92 Å². The fourth-order valence-corrected chi connectivity index (χ4v) is 2.21. The molecular formula is C18H25NO3. The van der Waals surface area contributed by atoms with Crippen LogP contribution >= 0.6 is 0 Å². The summed E-state index contributed by atoms with van der Waals surface area (Å²) in [6, 6.07) is 11.8. The normalized spacial score (nSPS) is 12.5. The summed E-state index contributed by atoms with van der Waals surface area (Å²) in [7, 11) is 0. The van der Waals surface area contributed by atoms with Gasteiger partial charge in [0.15, 0.2) is 0 Å². The van der Waals surface area contributed by atoms with Gasteiger partial charge in [-0.3, -0.25) is 0 Å². The van der Waals surface area contributed by atoms with Crippen molar-refractivity contribution in [3.63, 3.8) is 0 Å². The molecule has 0 fully saturated rings. The van der Waals surface area contributed by atoms with E-state index in [4.69, 9.17) is 9.15 Å². The predicted octanol–water partition coefficient (Wildman–Crippen LogP) is 3.52. The van der Waals surface area contributed by atoms with Crippen molar-refractivity contribution < 1.29 is 14.3 Å². The van der Waals surface area contributed by atoms with Crippen LogP contribution < -0.4 is 5.32 Å². The van der Waals surface area contributed by atoms with E-state index in [1.807, 2.05) is 43.3 Å². The first-order chi connectivity index (χ1) is 10.7. The Kier molecular flexibility index (Phi) is 6.65. The first-order valence-electron chi connectivity index (χ1n) is 7.86. The highest BCUT2D eigenvalue weighted by molar-refractivity contribution is 5.58. The zero-order valence-electron chi connectivity index (χ0n) is 13.3. The van der Waals surface area contributed by atoms with E-state index in [0.717, 1.165) is 55.4 Å². The highest BCUT2D eigenvalue weighted by atomic mass is 16.5. The highest BCUT2D eigenvalue weighted by Gasteiger charge is 2.06. The lowest BCUT2D eigenvalue weighted by atomic mass is 10.1. The SMILES string of the molecule is CCOCCCNCc1ccc(-c2ccc([C@@H](C)O)cc2)o1. The van der Waals surface area contributed by atoms with Crippen LogP contribution in [0, 0.1) is 0 Å². The first-order valence-corrected chi connectivity index (χ1v) is 7.86. The predicted molar refractivity (Wildman–Crippen MR) is 87.6 cm³/mol.